The van der Waals surface area contributed by atoms with E-state index in [2.05, 4.69) is 49.2 Å². The van der Waals surface area contributed by atoms with Crippen molar-refractivity contribution in [2.75, 3.05) is 31.1 Å². The average Bonchev–Trinajstić information content (AvgIpc) is 3.20. The van der Waals surface area contributed by atoms with Gasteiger partial charge in [-0.3, -0.25) is 14.5 Å². The Kier molecular flexibility index (Phi) is 6.88. The predicted octanol–water partition coefficient (Wildman–Crippen LogP) is 2.94. The van der Waals surface area contributed by atoms with Gasteiger partial charge in [0, 0.05) is 25.5 Å². The summed E-state index contributed by atoms with van der Waals surface area (Å²) in [4.78, 5) is 20.7. The molecule has 0 atom stereocenters. The lowest BCUT2D eigenvalue weighted by Gasteiger charge is -2.15. The van der Waals surface area contributed by atoms with Crippen molar-refractivity contribution in [2.45, 2.75) is 6.92 Å². The summed E-state index contributed by atoms with van der Waals surface area (Å²) in [6.45, 7) is 6.30. The lowest BCUT2D eigenvalue weighted by Crippen LogP contribution is -2.17. The van der Waals surface area contributed by atoms with Crippen LogP contribution in [-0.2, 0) is 7.05 Å². The third kappa shape index (κ3) is 5.20. The van der Waals surface area contributed by atoms with Gasteiger partial charge in [-0.2, -0.15) is 5.10 Å². The molecule has 1 amide bonds. The molecule has 0 saturated heterocycles. The molecule has 0 radical (unpaired) electrons. The Balaban J connectivity index is 1.73. The molecular weight excluding hydrogens is 465 g/mol. The number of hydrogen-bond donors (Lipinski definition) is 3. The largest absolute Gasteiger partial charge is 0.494 e. The molecule has 4 heterocycles. The van der Waals surface area contributed by atoms with E-state index in [4.69, 9.17) is 10.5 Å². The van der Waals surface area contributed by atoms with Crippen LogP contribution in [0.3, 0.4) is 0 Å². The van der Waals surface area contributed by atoms with Gasteiger partial charge in [0.15, 0.2) is 17.3 Å². The Morgan fingerprint density at radius 2 is 1.89 bits per heavy atom. The van der Waals surface area contributed by atoms with Crippen molar-refractivity contribution in [1.29, 1.82) is 0 Å². The van der Waals surface area contributed by atoms with Crippen LogP contribution in [0.5, 0.6) is 5.75 Å². The van der Waals surface area contributed by atoms with Gasteiger partial charge in [0.1, 0.15) is 11.5 Å². The molecular formula is C23H26N9O2P. The number of nitrogens with one attached hydrogen (secondary N) is 2. The van der Waals surface area contributed by atoms with E-state index in [1.165, 1.54) is 0 Å². The number of carbonyl (C=O) groups excluding carboxylic acids is 1. The van der Waals surface area contributed by atoms with Crippen LogP contribution in [0.1, 0.15) is 16.1 Å². The fraction of sp³-hybridized carbons (Fsp3) is 0.217. The Hall–Kier alpha value is -4.11. The topological polar surface area (TPSA) is 146 Å². The van der Waals surface area contributed by atoms with E-state index in [0.717, 1.165) is 16.7 Å². The molecule has 0 aromatic carbocycles. The molecule has 11 nitrogen and oxygen atoms in total. The van der Waals surface area contributed by atoms with Crippen LogP contribution in [0.4, 0.5) is 23.0 Å². The second-order valence-electron chi connectivity index (χ2n) is 8.00. The van der Waals surface area contributed by atoms with Crippen LogP contribution in [0, 0.1) is 6.92 Å². The molecule has 0 unspecified atom stereocenters. The van der Waals surface area contributed by atoms with E-state index in [1.54, 1.807) is 31.8 Å². The van der Waals surface area contributed by atoms with Gasteiger partial charge in [0.25, 0.3) is 5.91 Å². The lowest BCUT2D eigenvalue weighted by molar-refractivity contribution is 0.0995. The summed E-state index contributed by atoms with van der Waals surface area (Å²) in [7, 11) is 3.14. The number of aromatic nitrogens is 6. The van der Waals surface area contributed by atoms with Gasteiger partial charge in [0.05, 0.1) is 35.7 Å². The maximum Gasteiger partial charge on any atom is 0.271 e. The summed E-state index contributed by atoms with van der Waals surface area (Å²) in [6, 6.07) is 7.42. The average molecular weight is 491 g/mol. The quantitative estimate of drug-likeness (QED) is 0.317. The molecule has 0 spiro atoms. The SMILES string of the molecule is COc1c(Nc2cc(Nc3cc(C)ccn3)nnc2C(N)=O)cncc1-c1cc(P(C)C)n(C)n1. The molecule has 0 aliphatic heterocycles. The highest BCUT2D eigenvalue weighted by Gasteiger charge is 2.20. The zero-order valence-corrected chi connectivity index (χ0v) is 21.0. The minimum atomic E-state index is -0.725. The molecule has 0 bridgehead atoms. The predicted molar refractivity (Wildman–Crippen MR) is 137 cm³/mol. The molecule has 180 valence electrons. The number of primary amides is 1. The van der Waals surface area contributed by atoms with Gasteiger partial charge in [-0.15, -0.1) is 10.2 Å². The number of nitrogens with zero attached hydrogens (tertiary/aromatic N) is 6. The lowest BCUT2D eigenvalue weighted by atomic mass is 10.1. The molecule has 4 aromatic heterocycles. The van der Waals surface area contributed by atoms with Gasteiger partial charge in [0.2, 0.25) is 0 Å². The number of nitrogens with two attached hydrogens (primary N) is 1. The van der Waals surface area contributed by atoms with Gasteiger partial charge in [-0.05, 0) is 44.0 Å². The van der Waals surface area contributed by atoms with E-state index >= 15 is 0 Å². The minimum Gasteiger partial charge on any atom is -0.494 e. The molecule has 4 rings (SSSR count). The molecule has 0 fully saturated rings. The third-order valence-corrected chi connectivity index (χ3v) is 6.49. The number of anilines is 4. The van der Waals surface area contributed by atoms with E-state index in [-0.39, 0.29) is 13.6 Å². The van der Waals surface area contributed by atoms with Crippen molar-refractivity contribution >= 4 is 42.3 Å². The number of hydrogen-bond acceptors (Lipinski definition) is 9. The summed E-state index contributed by atoms with van der Waals surface area (Å²) >= 11 is 0. The first-order chi connectivity index (χ1) is 16.8. The van der Waals surface area contributed by atoms with E-state index in [0.29, 0.717) is 34.3 Å². The molecule has 0 saturated carbocycles. The molecule has 0 aliphatic carbocycles. The zero-order chi connectivity index (χ0) is 25.1. The summed E-state index contributed by atoms with van der Waals surface area (Å²) in [5.41, 5.74) is 10.0. The molecule has 4 N–H and O–H groups in total. The van der Waals surface area contributed by atoms with Gasteiger partial charge >= 0.3 is 0 Å². The first kappa shape index (κ1) is 24.0. The highest BCUT2D eigenvalue weighted by atomic mass is 31.1. The monoisotopic (exact) mass is 491 g/mol. The van der Waals surface area contributed by atoms with Crippen molar-refractivity contribution in [1.82, 2.24) is 29.9 Å². The van der Waals surface area contributed by atoms with Crippen molar-refractivity contribution in [3.63, 3.8) is 0 Å². The summed E-state index contributed by atoms with van der Waals surface area (Å²) in [6.07, 6.45) is 4.98. The van der Waals surface area contributed by atoms with Crippen molar-refractivity contribution in [2.24, 2.45) is 12.8 Å². The minimum absolute atomic E-state index is 0.0251. The Bertz CT molecular complexity index is 1390. The Morgan fingerprint density at radius 1 is 1.09 bits per heavy atom. The number of carbonyl (C=O) groups is 1. The highest BCUT2D eigenvalue weighted by Crippen LogP contribution is 2.37. The van der Waals surface area contributed by atoms with Crippen molar-refractivity contribution < 1.29 is 9.53 Å². The van der Waals surface area contributed by atoms with Gasteiger partial charge < -0.3 is 21.1 Å². The first-order valence-corrected chi connectivity index (χ1v) is 12.9. The summed E-state index contributed by atoms with van der Waals surface area (Å²) in [5.74, 6) is 0.767. The maximum atomic E-state index is 12.1. The van der Waals surface area contributed by atoms with Crippen LogP contribution in [0.25, 0.3) is 11.3 Å². The number of rotatable bonds is 8. The van der Waals surface area contributed by atoms with E-state index in [9.17, 15) is 4.79 Å². The number of ether oxygens (including phenoxy) is 1. The number of amides is 1. The highest BCUT2D eigenvalue weighted by molar-refractivity contribution is 7.63. The second-order valence-corrected chi connectivity index (χ2v) is 10.2. The maximum absolute atomic E-state index is 12.1. The first-order valence-electron chi connectivity index (χ1n) is 10.6. The number of methoxy groups -OCH3 is 1. The second kappa shape index (κ2) is 10.0. The Labute approximate surface area is 203 Å². The van der Waals surface area contributed by atoms with Crippen LogP contribution in [0.15, 0.2) is 42.9 Å². The van der Waals surface area contributed by atoms with E-state index in [1.807, 2.05) is 36.9 Å². The molecule has 12 heteroatoms. The van der Waals surface area contributed by atoms with Crippen LogP contribution < -0.4 is 26.5 Å². The van der Waals surface area contributed by atoms with Gasteiger partial charge in [-0.1, -0.05) is 7.92 Å². The summed E-state index contributed by atoms with van der Waals surface area (Å²) in [5, 5.41) is 19.0. The van der Waals surface area contributed by atoms with Gasteiger partial charge in [-0.25, -0.2) is 4.98 Å². The summed E-state index contributed by atoms with van der Waals surface area (Å²) < 4.78 is 7.60. The van der Waals surface area contributed by atoms with Crippen LogP contribution in [-0.4, -0.2) is 56.3 Å². The normalized spacial score (nSPS) is 10.9. The van der Waals surface area contributed by atoms with Crippen LogP contribution >= 0.6 is 7.92 Å². The fourth-order valence-electron chi connectivity index (χ4n) is 3.56. The standard InChI is InChI=1S/C23H26N9O2P/c1-13-6-7-26-18(8-13)28-19-9-16(21(23(24)33)30-29-19)27-17-12-25-11-14(22(17)34-3)15-10-20(35(4)5)32(2)31-15/h6-12H,1-5H3,(H2,24,33)(H2,26,27,28,29). The molecule has 35 heavy (non-hydrogen) atoms. The molecule has 0 aliphatic rings. The van der Waals surface area contributed by atoms with E-state index < -0.39 is 5.91 Å². The molecule has 4 aromatic rings. The van der Waals surface area contributed by atoms with Crippen molar-refractivity contribution in [3.05, 3.63) is 54.1 Å². The zero-order valence-electron chi connectivity index (χ0n) is 20.1. The third-order valence-electron chi connectivity index (χ3n) is 5.16. The van der Waals surface area contributed by atoms with Crippen LogP contribution in [0.2, 0.25) is 0 Å². The smallest absolute Gasteiger partial charge is 0.271 e. The Morgan fingerprint density at radius 3 is 2.54 bits per heavy atom. The number of aryl methyl sites for hydroxylation is 2. The number of pyridine rings is 2. The fourth-order valence-corrected chi connectivity index (χ4v) is 4.56. The van der Waals surface area contributed by atoms with Crippen molar-refractivity contribution in [3.8, 4) is 17.0 Å².